The Bertz CT molecular complexity index is 1100. The van der Waals surface area contributed by atoms with Crippen LogP contribution in [0.4, 0.5) is 13.2 Å². The Morgan fingerprint density at radius 1 is 1.03 bits per heavy atom. The molecule has 2 aliphatic rings. The molecule has 3 atom stereocenters. The standard InChI is InChI=1S/C25H24F3N3O2/c26-25(27,28)33-19-8-9-20(23-30-12-5-13-31-23)21(14-19)18-15-24(32-16-18)10-4-11-29-22(24)17-6-2-1-3-7-17/h1-3,5-9,12-14,18,22,29H,4,10-11,15-16H2/t18-,22-,24?/m0/s1. The molecule has 0 amide bonds. The Balaban J connectivity index is 1.51. The summed E-state index contributed by atoms with van der Waals surface area (Å²) in [4.78, 5) is 8.65. The summed E-state index contributed by atoms with van der Waals surface area (Å²) in [5, 5.41) is 3.61. The highest BCUT2D eigenvalue weighted by atomic mass is 19.4. The zero-order chi connectivity index (χ0) is 22.9. The molecule has 3 heterocycles. The lowest BCUT2D eigenvalue weighted by molar-refractivity contribution is -0.274. The summed E-state index contributed by atoms with van der Waals surface area (Å²) < 4.78 is 49.5. The number of halogens is 3. The molecule has 2 fully saturated rings. The third-order valence-corrected chi connectivity index (χ3v) is 6.45. The quantitative estimate of drug-likeness (QED) is 0.570. The molecular formula is C25H24F3N3O2. The van der Waals surface area contributed by atoms with Crippen molar-refractivity contribution in [3.05, 3.63) is 78.1 Å². The number of nitrogens with one attached hydrogen (secondary N) is 1. The highest BCUT2D eigenvalue weighted by Crippen LogP contribution is 2.49. The average molecular weight is 455 g/mol. The maximum Gasteiger partial charge on any atom is 0.573 e. The van der Waals surface area contributed by atoms with E-state index >= 15 is 0 Å². The summed E-state index contributed by atoms with van der Waals surface area (Å²) in [6.45, 7) is 1.30. The van der Waals surface area contributed by atoms with E-state index in [-0.39, 0.29) is 17.7 Å². The fraction of sp³-hybridized carbons (Fsp3) is 0.360. The number of piperidine rings is 1. The fourth-order valence-electron chi connectivity index (χ4n) is 5.13. The molecule has 1 spiro atoms. The van der Waals surface area contributed by atoms with Crippen molar-refractivity contribution in [1.29, 1.82) is 0 Å². The molecule has 0 radical (unpaired) electrons. The van der Waals surface area contributed by atoms with Crippen molar-refractivity contribution in [3.63, 3.8) is 0 Å². The van der Waals surface area contributed by atoms with Crippen LogP contribution in [0.15, 0.2) is 67.0 Å². The van der Waals surface area contributed by atoms with Gasteiger partial charge in [0.25, 0.3) is 0 Å². The van der Waals surface area contributed by atoms with E-state index in [2.05, 4.69) is 32.2 Å². The third kappa shape index (κ3) is 4.58. The van der Waals surface area contributed by atoms with Gasteiger partial charge in [-0.15, -0.1) is 13.2 Å². The van der Waals surface area contributed by atoms with Crippen molar-refractivity contribution in [2.45, 2.75) is 43.2 Å². The average Bonchev–Trinajstić information content (AvgIpc) is 3.23. The molecule has 0 bridgehead atoms. The Morgan fingerprint density at radius 2 is 1.82 bits per heavy atom. The lowest BCUT2D eigenvalue weighted by atomic mass is 9.76. The molecule has 8 heteroatoms. The van der Waals surface area contributed by atoms with Gasteiger partial charge in [0.05, 0.1) is 18.2 Å². The largest absolute Gasteiger partial charge is 0.573 e. The maximum atomic E-state index is 12.9. The molecule has 5 nitrogen and oxygen atoms in total. The molecule has 1 unspecified atom stereocenters. The Kier molecular flexibility index (Phi) is 5.80. The monoisotopic (exact) mass is 455 g/mol. The van der Waals surface area contributed by atoms with Crippen LogP contribution in [0.5, 0.6) is 5.75 Å². The van der Waals surface area contributed by atoms with Gasteiger partial charge < -0.3 is 14.8 Å². The Labute approximate surface area is 190 Å². The number of nitrogens with zero attached hydrogens (tertiary/aromatic N) is 2. The van der Waals surface area contributed by atoms with Gasteiger partial charge in [0.1, 0.15) is 5.75 Å². The van der Waals surface area contributed by atoms with Crippen LogP contribution in [0.2, 0.25) is 0 Å². The van der Waals surface area contributed by atoms with Gasteiger partial charge in [0.15, 0.2) is 5.82 Å². The number of hydrogen-bond acceptors (Lipinski definition) is 5. The molecule has 3 aromatic rings. The molecular weight excluding hydrogens is 431 g/mol. The molecule has 0 aliphatic carbocycles. The first kappa shape index (κ1) is 21.9. The van der Waals surface area contributed by atoms with Crippen LogP contribution in [0, 0.1) is 0 Å². The van der Waals surface area contributed by atoms with Crippen LogP contribution in [0.1, 0.15) is 42.3 Å². The zero-order valence-electron chi connectivity index (χ0n) is 17.9. The molecule has 33 heavy (non-hydrogen) atoms. The van der Waals surface area contributed by atoms with E-state index in [1.165, 1.54) is 12.1 Å². The molecule has 2 saturated heterocycles. The SMILES string of the molecule is FC(F)(F)Oc1ccc(-c2ncccn2)c([C@@H]2COC3(CCCN[C@H]3c3ccccc3)C2)c1. The second kappa shape index (κ2) is 8.76. The molecule has 172 valence electrons. The first-order valence-corrected chi connectivity index (χ1v) is 11.0. The normalized spacial score (nSPS) is 25.3. The predicted molar refractivity (Wildman–Crippen MR) is 117 cm³/mol. The lowest BCUT2D eigenvalue weighted by Gasteiger charge is -2.41. The number of benzene rings is 2. The first-order chi connectivity index (χ1) is 15.9. The second-order valence-corrected chi connectivity index (χ2v) is 8.55. The van der Waals surface area contributed by atoms with E-state index < -0.39 is 12.0 Å². The van der Waals surface area contributed by atoms with Gasteiger partial charge in [-0.3, -0.25) is 0 Å². The topological polar surface area (TPSA) is 56.3 Å². The van der Waals surface area contributed by atoms with Crippen molar-refractivity contribution in [1.82, 2.24) is 15.3 Å². The van der Waals surface area contributed by atoms with Gasteiger partial charge in [0.2, 0.25) is 0 Å². The molecule has 2 aromatic carbocycles. The van der Waals surface area contributed by atoms with Crippen molar-refractivity contribution in [2.24, 2.45) is 0 Å². The van der Waals surface area contributed by atoms with Gasteiger partial charge in [-0.1, -0.05) is 30.3 Å². The van der Waals surface area contributed by atoms with E-state index in [1.807, 2.05) is 18.2 Å². The number of alkyl halides is 3. The van der Waals surface area contributed by atoms with E-state index in [9.17, 15) is 13.2 Å². The van der Waals surface area contributed by atoms with Crippen molar-refractivity contribution < 1.29 is 22.6 Å². The fourth-order valence-corrected chi connectivity index (χ4v) is 5.13. The Morgan fingerprint density at radius 3 is 2.58 bits per heavy atom. The minimum atomic E-state index is -4.76. The maximum absolute atomic E-state index is 12.9. The summed E-state index contributed by atoms with van der Waals surface area (Å²) >= 11 is 0. The van der Waals surface area contributed by atoms with E-state index in [0.717, 1.165) is 24.9 Å². The van der Waals surface area contributed by atoms with Crippen LogP contribution >= 0.6 is 0 Å². The minimum Gasteiger partial charge on any atom is -0.406 e. The van der Waals surface area contributed by atoms with Crippen molar-refractivity contribution in [2.75, 3.05) is 13.2 Å². The molecule has 2 aliphatic heterocycles. The van der Waals surface area contributed by atoms with Crippen molar-refractivity contribution >= 4 is 0 Å². The lowest BCUT2D eigenvalue weighted by Crippen LogP contribution is -2.48. The zero-order valence-corrected chi connectivity index (χ0v) is 17.9. The minimum absolute atomic E-state index is 0.0171. The second-order valence-electron chi connectivity index (χ2n) is 8.55. The van der Waals surface area contributed by atoms with Crippen LogP contribution in [0.3, 0.4) is 0 Å². The van der Waals surface area contributed by atoms with E-state index in [1.54, 1.807) is 24.5 Å². The smallest absolute Gasteiger partial charge is 0.406 e. The summed E-state index contributed by atoms with van der Waals surface area (Å²) in [6, 6.07) is 16.3. The van der Waals surface area contributed by atoms with Crippen LogP contribution in [0.25, 0.3) is 11.4 Å². The van der Waals surface area contributed by atoms with Crippen LogP contribution in [-0.2, 0) is 4.74 Å². The molecule has 5 rings (SSSR count). The molecule has 1 aromatic heterocycles. The number of aromatic nitrogens is 2. The number of ether oxygens (including phenoxy) is 2. The predicted octanol–water partition coefficient (Wildman–Crippen LogP) is 5.41. The van der Waals surface area contributed by atoms with Gasteiger partial charge in [-0.25, -0.2) is 9.97 Å². The highest BCUT2D eigenvalue weighted by molar-refractivity contribution is 5.63. The molecule has 0 saturated carbocycles. The van der Waals surface area contributed by atoms with Crippen LogP contribution < -0.4 is 10.1 Å². The molecule has 1 N–H and O–H groups in total. The van der Waals surface area contributed by atoms with E-state index in [0.29, 0.717) is 30.0 Å². The van der Waals surface area contributed by atoms with Crippen molar-refractivity contribution in [3.8, 4) is 17.1 Å². The number of rotatable bonds is 4. The summed E-state index contributed by atoms with van der Waals surface area (Å²) in [5.74, 6) is 0.0969. The van der Waals surface area contributed by atoms with Crippen LogP contribution in [-0.4, -0.2) is 35.1 Å². The summed E-state index contributed by atoms with van der Waals surface area (Å²) in [7, 11) is 0. The first-order valence-electron chi connectivity index (χ1n) is 11.0. The van der Waals surface area contributed by atoms with Gasteiger partial charge in [0, 0.05) is 23.9 Å². The van der Waals surface area contributed by atoms with Gasteiger partial charge in [-0.05, 0) is 61.2 Å². The highest BCUT2D eigenvalue weighted by Gasteiger charge is 2.49. The number of hydrogen-bond donors (Lipinski definition) is 1. The van der Waals surface area contributed by atoms with Gasteiger partial charge >= 0.3 is 6.36 Å². The summed E-state index contributed by atoms with van der Waals surface area (Å²) in [5.41, 5.74) is 2.12. The Hall–Kier alpha value is -2.97. The third-order valence-electron chi connectivity index (χ3n) is 6.45. The van der Waals surface area contributed by atoms with Gasteiger partial charge in [-0.2, -0.15) is 0 Å². The summed E-state index contributed by atoms with van der Waals surface area (Å²) in [6.07, 6.45) is 1.01. The van der Waals surface area contributed by atoms with E-state index in [4.69, 9.17) is 4.74 Å².